The molecule has 0 amide bonds. The lowest BCUT2D eigenvalue weighted by molar-refractivity contribution is 0.284. The maximum absolute atomic E-state index is 4.72. The molecule has 0 radical (unpaired) electrons. The van der Waals surface area contributed by atoms with Crippen LogP contribution in [0.3, 0.4) is 0 Å². The van der Waals surface area contributed by atoms with Crippen molar-refractivity contribution in [3.8, 4) is 0 Å². The van der Waals surface area contributed by atoms with Gasteiger partial charge in [-0.3, -0.25) is 0 Å². The zero-order valence-corrected chi connectivity index (χ0v) is 27.5. The lowest BCUT2D eigenvalue weighted by Gasteiger charge is -2.26. The maximum atomic E-state index is 4.72. The second-order valence-electron chi connectivity index (χ2n) is 13.0. The molecule has 2 heteroatoms. The average molecular weight is 564 g/mol. The second kappa shape index (κ2) is 26.1. The van der Waals surface area contributed by atoms with Gasteiger partial charge in [0.2, 0.25) is 6.17 Å². The second-order valence-corrected chi connectivity index (χ2v) is 13.0. The molecule has 232 valence electrons. The minimum atomic E-state index is 0.498. The molecule has 1 aliphatic rings. The molecule has 0 fully saturated rings. The van der Waals surface area contributed by atoms with Crippen LogP contribution in [0.1, 0.15) is 180 Å². The summed E-state index contributed by atoms with van der Waals surface area (Å²) in [6.07, 6.45) is 41.2. The molecule has 0 aliphatic carbocycles. The highest BCUT2D eigenvalue weighted by molar-refractivity contribution is 6.18. The summed E-state index contributed by atoms with van der Waals surface area (Å²) in [7, 11) is 0. The molecule has 1 heterocycles. The SMILES string of the molecule is CCCCCCCCCCCCCCCCCCCC(Cc1ccccc1)C(CCCCCCCC)[C+]1N=CC=N1. The van der Waals surface area contributed by atoms with Crippen molar-refractivity contribution in [1.29, 1.82) is 0 Å². The normalized spacial score (nSPS) is 14.2. The molecule has 2 rings (SSSR count). The molecule has 1 aliphatic heterocycles. The molecular formula is C39H67N2+. The van der Waals surface area contributed by atoms with Crippen molar-refractivity contribution < 1.29 is 0 Å². The first-order chi connectivity index (χ1) is 20.3. The van der Waals surface area contributed by atoms with E-state index in [0.29, 0.717) is 11.8 Å². The summed E-state index contributed by atoms with van der Waals surface area (Å²) in [5, 5.41) is 0. The van der Waals surface area contributed by atoms with Crippen molar-refractivity contribution >= 4 is 12.4 Å². The Morgan fingerprint density at radius 1 is 0.488 bits per heavy atom. The van der Waals surface area contributed by atoms with Crippen LogP contribution in [0.2, 0.25) is 0 Å². The first kappa shape index (κ1) is 35.6. The summed E-state index contributed by atoms with van der Waals surface area (Å²) in [5.74, 6) is 1.14. The molecule has 1 aromatic rings. The standard InChI is InChI=1S/C39H67N2/c1-3-5-7-9-11-12-13-14-15-16-17-18-19-20-21-22-27-31-37(35-36-29-25-24-26-30-36)38(39-40-33-34-41-39)32-28-23-10-8-6-4-2/h24-26,29-30,33-34,37-38H,3-23,27-28,31-32,35H2,1-2H3/q+1. The van der Waals surface area contributed by atoms with E-state index in [-0.39, 0.29) is 0 Å². The molecule has 0 saturated heterocycles. The molecule has 0 bridgehead atoms. The van der Waals surface area contributed by atoms with Crippen LogP contribution in [-0.2, 0) is 6.42 Å². The lowest BCUT2D eigenvalue weighted by atomic mass is 9.78. The van der Waals surface area contributed by atoms with Crippen molar-refractivity contribution in [1.82, 2.24) is 0 Å². The van der Waals surface area contributed by atoms with Gasteiger partial charge in [-0.05, 0) is 30.7 Å². The van der Waals surface area contributed by atoms with Crippen LogP contribution in [0.15, 0.2) is 40.3 Å². The van der Waals surface area contributed by atoms with Crippen LogP contribution < -0.4 is 0 Å². The van der Waals surface area contributed by atoms with Gasteiger partial charge in [-0.15, -0.1) is 0 Å². The van der Waals surface area contributed by atoms with Crippen LogP contribution in [-0.4, -0.2) is 12.4 Å². The molecule has 2 unspecified atom stereocenters. The van der Waals surface area contributed by atoms with Crippen molar-refractivity contribution in [2.24, 2.45) is 21.8 Å². The van der Waals surface area contributed by atoms with E-state index in [9.17, 15) is 0 Å². The third-order valence-electron chi connectivity index (χ3n) is 9.27. The van der Waals surface area contributed by atoms with Crippen LogP contribution in [0.25, 0.3) is 0 Å². The third-order valence-corrected chi connectivity index (χ3v) is 9.27. The molecule has 0 aromatic heterocycles. The van der Waals surface area contributed by atoms with Gasteiger partial charge in [0.05, 0.1) is 5.92 Å². The highest BCUT2D eigenvalue weighted by Gasteiger charge is 2.35. The molecule has 0 N–H and O–H groups in total. The Morgan fingerprint density at radius 3 is 1.32 bits per heavy atom. The average Bonchev–Trinajstić information content (AvgIpc) is 3.53. The summed E-state index contributed by atoms with van der Waals surface area (Å²) in [4.78, 5) is 9.45. The summed E-state index contributed by atoms with van der Waals surface area (Å²) in [6, 6.07) is 11.2. The summed E-state index contributed by atoms with van der Waals surface area (Å²) >= 11 is 0. The topological polar surface area (TPSA) is 24.7 Å². The van der Waals surface area contributed by atoms with E-state index in [2.05, 4.69) is 44.2 Å². The third kappa shape index (κ3) is 18.6. The maximum Gasteiger partial charge on any atom is 0.244 e. The first-order valence-electron chi connectivity index (χ1n) is 18.3. The fourth-order valence-electron chi connectivity index (χ4n) is 6.66. The largest absolute Gasteiger partial charge is 0.244 e. The zero-order valence-electron chi connectivity index (χ0n) is 27.5. The monoisotopic (exact) mass is 564 g/mol. The Balaban J connectivity index is 1.62. The number of rotatable bonds is 29. The highest BCUT2D eigenvalue weighted by Crippen LogP contribution is 2.37. The van der Waals surface area contributed by atoms with E-state index >= 15 is 0 Å². The van der Waals surface area contributed by atoms with Crippen LogP contribution in [0.5, 0.6) is 0 Å². The van der Waals surface area contributed by atoms with Gasteiger partial charge in [-0.2, -0.15) is 0 Å². The Labute approximate surface area is 256 Å². The fourth-order valence-corrected chi connectivity index (χ4v) is 6.66. The van der Waals surface area contributed by atoms with Crippen molar-refractivity contribution in [3.05, 3.63) is 42.1 Å². The van der Waals surface area contributed by atoms with E-state index in [1.54, 1.807) is 0 Å². The Morgan fingerprint density at radius 2 is 0.878 bits per heavy atom. The van der Waals surface area contributed by atoms with Crippen molar-refractivity contribution in [2.45, 2.75) is 181 Å². The first-order valence-corrected chi connectivity index (χ1v) is 18.3. The van der Waals surface area contributed by atoms with Gasteiger partial charge in [0, 0.05) is 0 Å². The van der Waals surface area contributed by atoms with Gasteiger partial charge >= 0.3 is 0 Å². The molecule has 2 atom stereocenters. The Hall–Kier alpha value is -1.57. The van der Waals surface area contributed by atoms with Gasteiger partial charge in [0.15, 0.2) is 12.4 Å². The van der Waals surface area contributed by atoms with E-state index in [1.165, 1.54) is 166 Å². The number of unbranched alkanes of at least 4 members (excludes halogenated alkanes) is 21. The predicted molar refractivity (Wildman–Crippen MR) is 184 cm³/mol. The molecule has 2 nitrogen and oxygen atoms in total. The predicted octanol–water partition coefficient (Wildman–Crippen LogP) is 12.9. The Bertz CT molecular complexity index is 727. The zero-order chi connectivity index (χ0) is 29.1. The summed E-state index contributed by atoms with van der Waals surface area (Å²) in [6.45, 7) is 4.61. The van der Waals surface area contributed by atoms with E-state index < -0.39 is 0 Å². The number of nitrogens with zero attached hydrogens (tertiary/aromatic N) is 2. The highest BCUT2D eigenvalue weighted by atomic mass is 15.0. The fraction of sp³-hybridized carbons (Fsp3) is 0.769. The van der Waals surface area contributed by atoms with E-state index in [0.717, 1.165) is 12.6 Å². The molecule has 1 aromatic carbocycles. The van der Waals surface area contributed by atoms with Gasteiger partial charge in [-0.1, -0.05) is 202 Å². The van der Waals surface area contributed by atoms with Crippen LogP contribution in [0, 0.1) is 18.0 Å². The molecule has 41 heavy (non-hydrogen) atoms. The molecule has 0 saturated carbocycles. The van der Waals surface area contributed by atoms with Gasteiger partial charge in [0.1, 0.15) is 0 Å². The molecule has 0 spiro atoms. The number of aliphatic imine (C=N–C) groups is 2. The van der Waals surface area contributed by atoms with Crippen molar-refractivity contribution in [3.63, 3.8) is 0 Å². The smallest absolute Gasteiger partial charge is 0.0965 e. The summed E-state index contributed by atoms with van der Waals surface area (Å²) < 4.78 is 0. The quantitative estimate of drug-likeness (QED) is 0.0684. The van der Waals surface area contributed by atoms with E-state index in [4.69, 9.17) is 9.98 Å². The number of benzene rings is 1. The van der Waals surface area contributed by atoms with Gasteiger partial charge in [0.25, 0.3) is 0 Å². The van der Waals surface area contributed by atoms with E-state index in [1.807, 2.05) is 12.4 Å². The Kier molecular flexibility index (Phi) is 22.7. The minimum absolute atomic E-state index is 0.498. The summed E-state index contributed by atoms with van der Waals surface area (Å²) in [5.41, 5.74) is 1.48. The lowest BCUT2D eigenvalue weighted by Crippen LogP contribution is -2.22. The number of hydrogen-bond donors (Lipinski definition) is 0. The van der Waals surface area contributed by atoms with Crippen LogP contribution in [0.4, 0.5) is 0 Å². The molecular weight excluding hydrogens is 496 g/mol. The van der Waals surface area contributed by atoms with Crippen molar-refractivity contribution in [2.75, 3.05) is 0 Å². The van der Waals surface area contributed by atoms with Crippen LogP contribution >= 0.6 is 0 Å². The van der Waals surface area contributed by atoms with Gasteiger partial charge in [-0.25, -0.2) is 0 Å². The van der Waals surface area contributed by atoms with Gasteiger partial charge < -0.3 is 0 Å². The minimum Gasteiger partial charge on any atom is -0.0965 e. The number of hydrogen-bond acceptors (Lipinski definition) is 2.